The van der Waals surface area contributed by atoms with Gasteiger partial charge in [-0.3, -0.25) is 4.79 Å². The van der Waals surface area contributed by atoms with Crippen LogP contribution in [0.15, 0.2) is 54.4 Å². The van der Waals surface area contributed by atoms with Gasteiger partial charge >= 0.3 is 0 Å². The topological polar surface area (TPSA) is 60.5 Å². The summed E-state index contributed by atoms with van der Waals surface area (Å²) in [6.07, 6.45) is 7.04. The van der Waals surface area contributed by atoms with Crippen molar-refractivity contribution in [2.75, 3.05) is 13.7 Å². The molecule has 3 aliphatic carbocycles. The number of aromatic nitrogens is 1. The summed E-state index contributed by atoms with van der Waals surface area (Å²) in [7, 11) is 1.59. The van der Waals surface area contributed by atoms with Crippen molar-refractivity contribution in [3.63, 3.8) is 0 Å². The second kappa shape index (κ2) is 9.94. The number of nitrogens with one attached hydrogen (secondary N) is 1. The zero-order valence-corrected chi connectivity index (χ0v) is 19.5. The Morgan fingerprint density at radius 1 is 1.09 bits per heavy atom. The van der Waals surface area contributed by atoms with Gasteiger partial charge in [0, 0.05) is 11.5 Å². The molecule has 3 saturated carbocycles. The number of nitrogens with zero attached hydrogens (tertiary/aromatic N) is 1. The van der Waals surface area contributed by atoms with Crippen LogP contribution >= 0.6 is 0 Å². The number of ether oxygens (including phenoxy) is 2. The SMILES string of the molecule is CC/C(=C\F)COc1ccc(C23CCC(C(=O)NCc4cccc(OC)n4)(CC2)CC3)cc1. The minimum atomic E-state index is -0.265. The maximum absolute atomic E-state index is 13.1. The minimum Gasteiger partial charge on any atom is -0.489 e. The van der Waals surface area contributed by atoms with Gasteiger partial charge < -0.3 is 14.8 Å². The van der Waals surface area contributed by atoms with Crippen LogP contribution in [-0.4, -0.2) is 24.6 Å². The third kappa shape index (κ3) is 4.90. The lowest BCUT2D eigenvalue weighted by Gasteiger charge is -2.52. The summed E-state index contributed by atoms with van der Waals surface area (Å²) in [5.74, 6) is 1.47. The van der Waals surface area contributed by atoms with E-state index in [0.717, 1.165) is 50.0 Å². The number of pyridine rings is 1. The molecule has 0 atom stereocenters. The molecule has 6 heteroatoms. The molecule has 1 N–H and O–H groups in total. The van der Waals surface area contributed by atoms with Crippen LogP contribution in [0.5, 0.6) is 11.6 Å². The van der Waals surface area contributed by atoms with Crippen molar-refractivity contribution in [3.8, 4) is 11.6 Å². The molecular weight excluding hydrogens is 419 g/mol. The number of halogens is 1. The van der Waals surface area contributed by atoms with Crippen molar-refractivity contribution < 1.29 is 18.7 Å². The second-order valence-electron chi connectivity index (χ2n) is 9.35. The number of amides is 1. The molecule has 1 aromatic carbocycles. The third-order valence-electron chi connectivity index (χ3n) is 7.65. The summed E-state index contributed by atoms with van der Waals surface area (Å²) in [5, 5.41) is 3.12. The maximum Gasteiger partial charge on any atom is 0.226 e. The number of methoxy groups -OCH3 is 1. The Bertz CT molecular complexity index is 978. The number of carbonyl (C=O) groups is 1. The number of benzene rings is 1. The molecule has 1 amide bonds. The fourth-order valence-electron chi connectivity index (χ4n) is 5.28. The van der Waals surface area contributed by atoms with Crippen molar-refractivity contribution in [2.45, 2.75) is 63.8 Å². The molecule has 0 unspecified atom stereocenters. The monoisotopic (exact) mass is 452 g/mol. The summed E-state index contributed by atoms with van der Waals surface area (Å²) < 4.78 is 23.6. The Labute approximate surface area is 195 Å². The van der Waals surface area contributed by atoms with E-state index in [2.05, 4.69) is 22.4 Å². The number of hydrogen-bond donors (Lipinski definition) is 1. The number of rotatable bonds is 9. The lowest BCUT2D eigenvalue weighted by atomic mass is 9.51. The van der Waals surface area contributed by atoms with Gasteiger partial charge in [-0.05, 0) is 79.7 Å². The van der Waals surface area contributed by atoms with E-state index in [4.69, 9.17) is 9.47 Å². The van der Waals surface area contributed by atoms with Crippen molar-refractivity contribution in [3.05, 3.63) is 65.6 Å². The van der Waals surface area contributed by atoms with E-state index in [1.54, 1.807) is 13.2 Å². The van der Waals surface area contributed by atoms with E-state index in [1.165, 1.54) is 5.56 Å². The highest BCUT2D eigenvalue weighted by Crippen LogP contribution is 2.57. The highest BCUT2D eigenvalue weighted by Gasteiger charge is 2.52. The van der Waals surface area contributed by atoms with Crippen molar-refractivity contribution in [2.24, 2.45) is 5.41 Å². The lowest BCUT2D eigenvalue weighted by Crippen LogP contribution is -2.51. The van der Waals surface area contributed by atoms with E-state index in [1.807, 2.05) is 31.2 Å². The molecule has 0 aliphatic heterocycles. The molecule has 2 bridgehead atoms. The van der Waals surface area contributed by atoms with Gasteiger partial charge in [-0.1, -0.05) is 25.1 Å². The average molecular weight is 453 g/mol. The first-order valence-electron chi connectivity index (χ1n) is 11.8. The smallest absolute Gasteiger partial charge is 0.226 e. The van der Waals surface area contributed by atoms with Crippen molar-refractivity contribution in [1.29, 1.82) is 0 Å². The fourth-order valence-corrected chi connectivity index (χ4v) is 5.28. The second-order valence-corrected chi connectivity index (χ2v) is 9.35. The standard InChI is InChI=1S/C27H33FN2O3/c1-3-20(17-28)19-33-23-9-7-21(8-10-23)26-11-14-27(15-12-26,16-13-26)25(31)29-18-22-5-4-6-24(30-22)32-2/h4-10,17H,3,11-16,18-19H2,1-2H3,(H,29,31)/b20-17+. The van der Waals surface area contributed by atoms with Crippen LogP contribution in [0.2, 0.25) is 0 Å². The van der Waals surface area contributed by atoms with Gasteiger partial charge in [0.05, 0.1) is 25.7 Å². The van der Waals surface area contributed by atoms with Crippen LogP contribution in [0.3, 0.4) is 0 Å². The predicted molar refractivity (Wildman–Crippen MR) is 126 cm³/mol. The zero-order valence-electron chi connectivity index (χ0n) is 19.5. The Morgan fingerprint density at radius 2 is 1.79 bits per heavy atom. The summed E-state index contributed by atoms with van der Waals surface area (Å²) in [5.41, 5.74) is 2.65. The molecule has 3 fully saturated rings. The van der Waals surface area contributed by atoms with Crippen LogP contribution < -0.4 is 14.8 Å². The Morgan fingerprint density at radius 3 is 2.39 bits per heavy atom. The Kier molecular flexibility index (Phi) is 7.01. The molecule has 0 spiro atoms. The number of hydrogen-bond acceptors (Lipinski definition) is 4. The Balaban J connectivity index is 1.34. The first-order chi connectivity index (χ1) is 16.0. The van der Waals surface area contributed by atoms with Crippen molar-refractivity contribution >= 4 is 5.91 Å². The van der Waals surface area contributed by atoms with Gasteiger partial charge in [0.15, 0.2) is 0 Å². The van der Waals surface area contributed by atoms with Crippen LogP contribution in [0.4, 0.5) is 4.39 Å². The normalized spacial score (nSPS) is 24.4. The van der Waals surface area contributed by atoms with E-state index in [0.29, 0.717) is 30.7 Å². The quantitative estimate of drug-likeness (QED) is 0.535. The Hall–Kier alpha value is -2.89. The van der Waals surface area contributed by atoms with E-state index in [9.17, 15) is 9.18 Å². The van der Waals surface area contributed by atoms with Crippen LogP contribution in [0.1, 0.15) is 63.1 Å². The third-order valence-corrected chi connectivity index (χ3v) is 7.65. The van der Waals surface area contributed by atoms with E-state index >= 15 is 0 Å². The maximum atomic E-state index is 13.1. The summed E-state index contributed by atoms with van der Waals surface area (Å²) >= 11 is 0. The molecule has 5 rings (SSSR count). The lowest BCUT2D eigenvalue weighted by molar-refractivity contribution is -0.138. The first-order valence-corrected chi connectivity index (χ1v) is 11.8. The molecule has 33 heavy (non-hydrogen) atoms. The summed E-state index contributed by atoms with van der Waals surface area (Å²) in [6.45, 7) is 2.61. The van der Waals surface area contributed by atoms with Crippen LogP contribution in [-0.2, 0) is 16.8 Å². The van der Waals surface area contributed by atoms with Gasteiger partial charge in [0.2, 0.25) is 11.8 Å². The van der Waals surface area contributed by atoms with Crippen LogP contribution in [0, 0.1) is 5.41 Å². The fraction of sp³-hybridized carbons (Fsp3) is 0.481. The first kappa shape index (κ1) is 23.3. The van der Waals surface area contributed by atoms with Gasteiger partial charge in [-0.25, -0.2) is 9.37 Å². The van der Waals surface area contributed by atoms with E-state index < -0.39 is 0 Å². The van der Waals surface area contributed by atoms with Crippen molar-refractivity contribution in [1.82, 2.24) is 10.3 Å². The molecule has 176 valence electrons. The molecule has 5 nitrogen and oxygen atoms in total. The molecule has 1 heterocycles. The average Bonchev–Trinajstić information content (AvgIpc) is 2.89. The van der Waals surface area contributed by atoms with Crippen LogP contribution in [0.25, 0.3) is 0 Å². The highest BCUT2D eigenvalue weighted by atomic mass is 19.1. The molecule has 3 aliphatic rings. The molecule has 2 aromatic rings. The molecular formula is C27H33FN2O3. The van der Waals surface area contributed by atoms with Gasteiger partial charge in [-0.2, -0.15) is 0 Å². The van der Waals surface area contributed by atoms with Gasteiger partial charge in [-0.15, -0.1) is 0 Å². The summed E-state index contributed by atoms with van der Waals surface area (Å²) in [4.78, 5) is 17.5. The van der Waals surface area contributed by atoms with Gasteiger partial charge in [0.25, 0.3) is 0 Å². The minimum absolute atomic E-state index is 0.141. The number of fused-ring (bicyclic) bond motifs is 3. The molecule has 1 aromatic heterocycles. The molecule has 0 saturated heterocycles. The predicted octanol–water partition coefficient (Wildman–Crippen LogP) is 5.64. The summed E-state index contributed by atoms with van der Waals surface area (Å²) in [6, 6.07) is 13.9. The zero-order chi connectivity index (χ0) is 23.3. The number of carbonyl (C=O) groups excluding carboxylic acids is 1. The van der Waals surface area contributed by atoms with E-state index in [-0.39, 0.29) is 23.3 Å². The molecule has 0 radical (unpaired) electrons. The largest absolute Gasteiger partial charge is 0.489 e. The van der Waals surface area contributed by atoms with Gasteiger partial charge in [0.1, 0.15) is 12.4 Å². The highest BCUT2D eigenvalue weighted by molar-refractivity contribution is 5.83.